The predicted molar refractivity (Wildman–Crippen MR) is 80.3 cm³/mol. The molecule has 0 aliphatic heterocycles. The molecule has 0 amide bonds. The van der Waals surface area contributed by atoms with Crippen molar-refractivity contribution in [3.8, 4) is 11.1 Å². The fraction of sp³-hybridized carbons (Fsp3) is 0.250. The van der Waals surface area contributed by atoms with Gasteiger partial charge in [-0.1, -0.05) is 49.2 Å². The smallest absolute Gasteiger partial charge is 0.0412 e. The number of rotatable bonds is 5. The van der Waals surface area contributed by atoms with E-state index in [2.05, 4.69) is 42.6 Å². The Morgan fingerprint density at radius 3 is 2.44 bits per heavy atom. The van der Waals surface area contributed by atoms with Gasteiger partial charge in [-0.2, -0.15) is 0 Å². The van der Waals surface area contributed by atoms with Gasteiger partial charge in [0.15, 0.2) is 0 Å². The van der Waals surface area contributed by atoms with Crippen LogP contribution in [0.15, 0.2) is 48.5 Å². The van der Waals surface area contributed by atoms with Crippen LogP contribution < -0.4 is 5.32 Å². The molecule has 0 unspecified atom stereocenters. The zero-order valence-corrected chi connectivity index (χ0v) is 11.4. The van der Waals surface area contributed by atoms with Crippen molar-refractivity contribution in [3.05, 3.63) is 53.6 Å². The van der Waals surface area contributed by atoms with Crippen LogP contribution in [-0.4, -0.2) is 6.54 Å². The summed E-state index contributed by atoms with van der Waals surface area (Å²) in [4.78, 5) is 0. The van der Waals surface area contributed by atoms with Gasteiger partial charge in [-0.3, -0.25) is 0 Å². The van der Waals surface area contributed by atoms with Crippen LogP contribution in [0.25, 0.3) is 11.1 Å². The summed E-state index contributed by atoms with van der Waals surface area (Å²) in [6, 6.07) is 16.4. The maximum atomic E-state index is 6.02. The van der Waals surface area contributed by atoms with Gasteiger partial charge in [0.2, 0.25) is 0 Å². The number of nitrogens with one attached hydrogen (secondary N) is 1. The quantitative estimate of drug-likeness (QED) is 0.726. The number of anilines is 1. The molecule has 0 radical (unpaired) electrons. The van der Waals surface area contributed by atoms with E-state index < -0.39 is 0 Å². The molecule has 0 aromatic heterocycles. The van der Waals surface area contributed by atoms with Crippen LogP contribution in [0.5, 0.6) is 0 Å². The fourth-order valence-corrected chi connectivity index (χ4v) is 2.08. The third kappa shape index (κ3) is 3.51. The molecule has 18 heavy (non-hydrogen) atoms. The molecule has 0 spiro atoms. The molecule has 0 saturated heterocycles. The van der Waals surface area contributed by atoms with Crippen molar-refractivity contribution >= 4 is 17.3 Å². The van der Waals surface area contributed by atoms with Crippen LogP contribution in [0.2, 0.25) is 5.02 Å². The van der Waals surface area contributed by atoms with Crippen molar-refractivity contribution in [1.29, 1.82) is 0 Å². The van der Waals surface area contributed by atoms with E-state index in [1.54, 1.807) is 0 Å². The van der Waals surface area contributed by atoms with Gasteiger partial charge in [-0.25, -0.2) is 0 Å². The number of benzene rings is 2. The van der Waals surface area contributed by atoms with E-state index in [0.29, 0.717) is 0 Å². The molecule has 0 heterocycles. The van der Waals surface area contributed by atoms with Crippen LogP contribution in [0.1, 0.15) is 19.8 Å². The van der Waals surface area contributed by atoms with Gasteiger partial charge in [0, 0.05) is 17.3 Å². The van der Waals surface area contributed by atoms with Crippen LogP contribution in [0.3, 0.4) is 0 Å². The summed E-state index contributed by atoms with van der Waals surface area (Å²) in [6.45, 7) is 3.22. The Balaban J connectivity index is 2.16. The molecule has 0 atom stereocenters. The molecule has 94 valence electrons. The maximum absolute atomic E-state index is 6.02. The molecule has 0 aliphatic rings. The lowest BCUT2D eigenvalue weighted by molar-refractivity contribution is 0.834. The monoisotopic (exact) mass is 259 g/mol. The summed E-state index contributed by atoms with van der Waals surface area (Å²) in [7, 11) is 0. The first-order valence-electron chi connectivity index (χ1n) is 6.39. The second-order valence-corrected chi connectivity index (χ2v) is 4.81. The van der Waals surface area contributed by atoms with Crippen LogP contribution in [0, 0.1) is 0 Å². The first kappa shape index (κ1) is 13.0. The van der Waals surface area contributed by atoms with Crippen LogP contribution in [0.4, 0.5) is 5.69 Å². The largest absolute Gasteiger partial charge is 0.385 e. The molecule has 0 fully saturated rings. The zero-order valence-electron chi connectivity index (χ0n) is 10.6. The second kappa shape index (κ2) is 6.46. The molecule has 2 aromatic carbocycles. The van der Waals surface area contributed by atoms with Gasteiger partial charge in [0.1, 0.15) is 0 Å². The van der Waals surface area contributed by atoms with Gasteiger partial charge in [0.25, 0.3) is 0 Å². The summed E-state index contributed by atoms with van der Waals surface area (Å²) < 4.78 is 0. The fourth-order valence-electron chi connectivity index (χ4n) is 1.89. The highest BCUT2D eigenvalue weighted by atomic mass is 35.5. The minimum atomic E-state index is 0.775. The lowest BCUT2D eigenvalue weighted by atomic mass is 10.1. The molecule has 0 aliphatic carbocycles. The van der Waals surface area contributed by atoms with Gasteiger partial charge < -0.3 is 5.32 Å². The number of unbranched alkanes of at least 4 members (excludes halogenated alkanes) is 1. The minimum Gasteiger partial charge on any atom is -0.385 e. The molecule has 2 aromatic rings. The Morgan fingerprint density at radius 2 is 1.72 bits per heavy atom. The highest BCUT2D eigenvalue weighted by Crippen LogP contribution is 2.25. The van der Waals surface area contributed by atoms with Crippen molar-refractivity contribution in [2.75, 3.05) is 11.9 Å². The topological polar surface area (TPSA) is 12.0 Å². The minimum absolute atomic E-state index is 0.775. The summed E-state index contributed by atoms with van der Waals surface area (Å²) in [6.07, 6.45) is 2.41. The molecular weight excluding hydrogens is 242 g/mol. The normalized spacial score (nSPS) is 10.3. The molecule has 0 bridgehead atoms. The Kier molecular flexibility index (Phi) is 4.66. The molecule has 1 N–H and O–H groups in total. The summed E-state index contributed by atoms with van der Waals surface area (Å²) in [5, 5.41) is 4.21. The highest BCUT2D eigenvalue weighted by Gasteiger charge is 1.99. The van der Waals surface area contributed by atoms with E-state index in [4.69, 9.17) is 11.6 Å². The average Bonchev–Trinajstić information content (AvgIpc) is 2.39. The van der Waals surface area contributed by atoms with Gasteiger partial charge in [-0.05, 0) is 41.8 Å². The standard InChI is InChI=1S/C16H18ClN/c1-2-3-10-18-16-9-5-7-14(12-16)13-6-4-8-15(17)11-13/h4-9,11-12,18H,2-3,10H2,1H3. The van der Waals surface area contributed by atoms with Crippen LogP contribution in [-0.2, 0) is 0 Å². The molecule has 2 rings (SSSR count). The lowest BCUT2D eigenvalue weighted by Crippen LogP contribution is -2.00. The van der Waals surface area contributed by atoms with Crippen LogP contribution >= 0.6 is 11.6 Å². The van der Waals surface area contributed by atoms with E-state index in [1.807, 2.05) is 18.2 Å². The van der Waals surface area contributed by atoms with Gasteiger partial charge in [0.05, 0.1) is 0 Å². The Morgan fingerprint density at radius 1 is 1.00 bits per heavy atom. The Labute approximate surface area is 114 Å². The average molecular weight is 260 g/mol. The number of halogens is 1. The summed E-state index contributed by atoms with van der Waals surface area (Å²) in [5.74, 6) is 0. The van der Waals surface area contributed by atoms with Gasteiger partial charge >= 0.3 is 0 Å². The van der Waals surface area contributed by atoms with E-state index in [1.165, 1.54) is 24.1 Å². The van der Waals surface area contributed by atoms with E-state index >= 15 is 0 Å². The molecule has 0 saturated carbocycles. The van der Waals surface area contributed by atoms with Crippen molar-refractivity contribution < 1.29 is 0 Å². The van der Waals surface area contributed by atoms with Crippen molar-refractivity contribution in [2.24, 2.45) is 0 Å². The summed E-state index contributed by atoms with van der Waals surface area (Å²) in [5.41, 5.74) is 3.52. The number of hydrogen-bond acceptors (Lipinski definition) is 1. The first-order chi connectivity index (χ1) is 8.79. The van der Waals surface area contributed by atoms with Crippen molar-refractivity contribution in [1.82, 2.24) is 0 Å². The second-order valence-electron chi connectivity index (χ2n) is 4.37. The van der Waals surface area contributed by atoms with E-state index in [0.717, 1.165) is 17.1 Å². The SMILES string of the molecule is CCCCNc1cccc(-c2cccc(Cl)c2)c1. The van der Waals surface area contributed by atoms with Crippen molar-refractivity contribution in [2.45, 2.75) is 19.8 Å². The molecule has 1 nitrogen and oxygen atoms in total. The Bertz CT molecular complexity index is 508. The van der Waals surface area contributed by atoms with Crippen molar-refractivity contribution in [3.63, 3.8) is 0 Å². The lowest BCUT2D eigenvalue weighted by Gasteiger charge is -2.08. The summed E-state index contributed by atoms with van der Waals surface area (Å²) >= 11 is 6.02. The zero-order chi connectivity index (χ0) is 12.8. The Hall–Kier alpha value is -1.47. The predicted octanol–water partition coefficient (Wildman–Crippen LogP) is 5.22. The molecule has 2 heteroatoms. The van der Waals surface area contributed by atoms with E-state index in [-0.39, 0.29) is 0 Å². The molecular formula is C16H18ClN. The third-order valence-electron chi connectivity index (χ3n) is 2.88. The highest BCUT2D eigenvalue weighted by molar-refractivity contribution is 6.30. The third-order valence-corrected chi connectivity index (χ3v) is 3.12. The number of hydrogen-bond donors (Lipinski definition) is 1. The van der Waals surface area contributed by atoms with E-state index in [9.17, 15) is 0 Å². The van der Waals surface area contributed by atoms with Gasteiger partial charge in [-0.15, -0.1) is 0 Å². The maximum Gasteiger partial charge on any atom is 0.0412 e. The first-order valence-corrected chi connectivity index (χ1v) is 6.77.